The fourth-order valence-corrected chi connectivity index (χ4v) is 4.64. The number of sulfone groups is 1. The molecule has 21 heavy (non-hydrogen) atoms. The summed E-state index contributed by atoms with van der Waals surface area (Å²) in [6.45, 7) is 1.96. The Kier molecular flexibility index (Phi) is 4.93. The molecule has 0 spiro atoms. The molecule has 118 valence electrons. The highest BCUT2D eigenvalue weighted by atomic mass is 32.2. The second kappa shape index (κ2) is 6.36. The highest BCUT2D eigenvalue weighted by Gasteiger charge is 2.31. The molecular formula is C14H20O5S2. The third-order valence-electron chi connectivity index (χ3n) is 3.77. The Labute approximate surface area is 128 Å². The molecule has 0 amide bonds. The minimum absolute atomic E-state index is 0.202. The summed E-state index contributed by atoms with van der Waals surface area (Å²) in [6.07, 6.45) is 4.44. The van der Waals surface area contributed by atoms with Crippen molar-refractivity contribution in [1.82, 2.24) is 0 Å². The predicted molar refractivity (Wildman–Crippen MR) is 82.2 cm³/mol. The summed E-state index contributed by atoms with van der Waals surface area (Å²) >= 11 is 1.22. The zero-order valence-corrected chi connectivity index (χ0v) is 13.8. The van der Waals surface area contributed by atoms with Crippen LogP contribution in [0.25, 0.3) is 0 Å². The number of hydrogen-bond donors (Lipinski definition) is 1. The molecule has 2 rings (SSSR count). The van der Waals surface area contributed by atoms with Crippen LogP contribution in [0.15, 0.2) is 6.07 Å². The summed E-state index contributed by atoms with van der Waals surface area (Å²) in [5.74, 6) is -0.617. The Balaban J connectivity index is 2.14. The largest absolute Gasteiger partial charge is 0.489 e. The highest BCUT2D eigenvalue weighted by molar-refractivity contribution is 7.91. The summed E-state index contributed by atoms with van der Waals surface area (Å²) in [4.78, 5) is 12.4. The minimum atomic E-state index is -3.07. The summed E-state index contributed by atoms with van der Waals surface area (Å²) in [6, 6.07) is 1.76. The van der Waals surface area contributed by atoms with Gasteiger partial charge in [0, 0.05) is 17.6 Å². The van der Waals surface area contributed by atoms with Gasteiger partial charge in [-0.05, 0) is 31.7 Å². The maximum Gasteiger partial charge on any atom is 0.349 e. The molecule has 1 aromatic heterocycles. The second-order valence-corrected chi connectivity index (χ2v) is 8.89. The fraction of sp³-hybridized carbons (Fsp3) is 0.643. The SMILES string of the molecule is CCc1cc(OC2CCCC(S(C)(=O)=O)C2)c(C(=O)O)s1. The van der Waals surface area contributed by atoms with E-state index in [2.05, 4.69) is 0 Å². The van der Waals surface area contributed by atoms with E-state index in [1.54, 1.807) is 6.07 Å². The maximum absolute atomic E-state index is 11.7. The van der Waals surface area contributed by atoms with Crippen molar-refractivity contribution in [3.63, 3.8) is 0 Å². The van der Waals surface area contributed by atoms with E-state index >= 15 is 0 Å². The minimum Gasteiger partial charge on any atom is -0.489 e. The lowest BCUT2D eigenvalue weighted by molar-refractivity contribution is 0.0692. The summed E-state index contributed by atoms with van der Waals surface area (Å²) in [5.41, 5.74) is 0. The first-order valence-corrected chi connectivity index (χ1v) is 9.80. The van der Waals surface area contributed by atoms with Crippen LogP contribution in [0.4, 0.5) is 0 Å². The monoisotopic (exact) mass is 332 g/mol. The van der Waals surface area contributed by atoms with E-state index in [9.17, 15) is 18.3 Å². The summed E-state index contributed by atoms with van der Waals surface area (Å²) < 4.78 is 29.1. The average molecular weight is 332 g/mol. The number of hydrogen-bond acceptors (Lipinski definition) is 5. The third-order valence-corrected chi connectivity index (χ3v) is 6.66. The van der Waals surface area contributed by atoms with Crippen molar-refractivity contribution in [1.29, 1.82) is 0 Å². The van der Waals surface area contributed by atoms with Crippen molar-refractivity contribution in [2.24, 2.45) is 0 Å². The van der Waals surface area contributed by atoms with E-state index in [1.807, 2.05) is 6.92 Å². The van der Waals surface area contributed by atoms with Crippen molar-refractivity contribution in [3.8, 4) is 5.75 Å². The van der Waals surface area contributed by atoms with Crippen LogP contribution in [0.3, 0.4) is 0 Å². The van der Waals surface area contributed by atoms with E-state index in [0.717, 1.165) is 24.1 Å². The van der Waals surface area contributed by atoms with Crippen LogP contribution in [0.1, 0.15) is 47.2 Å². The first-order chi connectivity index (χ1) is 9.81. The van der Waals surface area contributed by atoms with Crippen LogP contribution in [-0.2, 0) is 16.3 Å². The van der Waals surface area contributed by atoms with Crippen molar-refractivity contribution < 1.29 is 23.1 Å². The Morgan fingerprint density at radius 1 is 1.48 bits per heavy atom. The predicted octanol–water partition coefficient (Wildman–Crippen LogP) is 2.74. The molecule has 2 unspecified atom stereocenters. The summed E-state index contributed by atoms with van der Waals surface area (Å²) in [5, 5.41) is 8.84. The number of thiophene rings is 1. The Morgan fingerprint density at radius 2 is 2.19 bits per heavy atom. The quantitative estimate of drug-likeness (QED) is 0.896. The molecule has 1 aromatic rings. The van der Waals surface area contributed by atoms with E-state index in [1.165, 1.54) is 17.6 Å². The number of ether oxygens (including phenoxy) is 1. The van der Waals surface area contributed by atoms with Crippen LogP contribution in [-0.4, -0.2) is 37.1 Å². The smallest absolute Gasteiger partial charge is 0.349 e. The van der Waals surface area contributed by atoms with Crippen LogP contribution < -0.4 is 4.74 Å². The van der Waals surface area contributed by atoms with E-state index in [4.69, 9.17) is 4.74 Å². The molecule has 7 heteroatoms. The van der Waals surface area contributed by atoms with Gasteiger partial charge in [0.05, 0.1) is 5.25 Å². The van der Waals surface area contributed by atoms with Crippen molar-refractivity contribution in [3.05, 3.63) is 15.8 Å². The maximum atomic E-state index is 11.7. The highest BCUT2D eigenvalue weighted by Crippen LogP contribution is 2.34. The lowest BCUT2D eigenvalue weighted by Crippen LogP contribution is -2.33. The zero-order valence-electron chi connectivity index (χ0n) is 12.2. The van der Waals surface area contributed by atoms with Crippen LogP contribution in [0, 0.1) is 0 Å². The van der Waals surface area contributed by atoms with Gasteiger partial charge in [-0.2, -0.15) is 0 Å². The van der Waals surface area contributed by atoms with Gasteiger partial charge in [0.1, 0.15) is 21.7 Å². The number of carboxylic acids is 1. The molecule has 0 bridgehead atoms. The van der Waals surface area contributed by atoms with Crippen LogP contribution in [0.5, 0.6) is 5.75 Å². The number of carbonyl (C=O) groups is 1. The third kappa shape index (κ3) is 3.97. The molecule has 1 saturated carbocycles. The van der Waals surface area contributed by atoms with Gasteiger partial charge in [-0.15, -0.1) is 11.3 Å². The molecule has 0 aliphatic heterocycles. The van der Waals surface area contributed by atoms with Crippen molar-refractivity contribution in [2.75, 3.05) is 6.26 Å². The normalized spacial score (nSPS) is 23.0. The van der Waals surface area contributed by atoms with Gasteiger partial charge < -0.3 is 9.84 Å². The zero-order chi connectivity index (χ0) is 15.6. The number of aromatic carboxylic acids is 1. The van der Waals surface area contributed by atoms with Gasteiger partial charge >= 0.3 is 5.97 Å². The Hall–Kier alpha value is -1.08. The molecule has 1 fully saturated rings. The molecule has 0 saturated heterocycles. The molecule has 1 heterocycles. The number of carboxylic acid groups (broad SMARTS) is 1. The molecule has 5 nitrogen and oxygen atoms in total. The first-order valence-electron chi connectivity index (χ1n) is 7.02. The Morgan fingerprint density at radius 3 is 2.76 bits per heavy atom. The molecule has 1 aliphatic carbocycles. The van der Waals surface area contributed by atoms with Gasteiger partial charge in [-0.25, -0.2) is 13.2 Å². The van der Waals surface area contributed by atoms with E-state index < -0.39 is 15.8 Å². The topological polar surface area (TPSA) is 80.7 Å². The molecule has 0 aromatic carbocycles. The molecule has 1 N–H and O–H groups in total. The van der Waals surface area contributed by atoms with E-state index in [-0.39, 0.29) is 16.2 Å². The Bertz CT molecular complexity index is 617. The second-order valence-electron chi connectivity index (χ2n) is 5.42. The number of rotatable bonds is 5. The van der Waals surface area contributed by atoms with Gasteiger partial charge in [-0.1, -0.05) is 6.92 Å². The van der Waals surface area contributed by atoms with E-state index in [0.29, 0.717) is 18.6 Å². The van der Waals surface area contributed by atoms with Gasteiger partial charge in [0.15, 0.2) is 4.88 Å². The molecular weight excluding hydrogens is 312 g/mol. The van der Waals surface area contributed by atoms with Gasteiger partial charge in [-0.3, -0.25) is 0 Å². The average Bonchev–Trinajstić information content (AvgIpc) is 2.81. The first kappa shape index (κ1) is 16.3. The van der Waals surface area contributed by atoms with Crippen LogP contribution >= 0.6 is 11.3 Å². The fourth-order valence-electron chi connectivity index (χ4n) is 2.61. The standard InChI is InChI=1S/C14H20O5S2/c1-3-10-8-12(13(20-10)14(15)16)19-9-5-4-6-11(7-9)21(2,17)18/h8-9,11H,3-7H2,1-2H3,(H,15,16). The lowest BCUT2D eigenvalue weighted by atomic mass is 9.97. The van der Waals surface area contributed by atoms with Crippen molar-refractivity contribution in [2.45, 2.75) is 50.4 Å². The van der Waals surface area contributed by atoms with Gasteiger partial charge in [0.2, 0.25) is 0 Å². The van der Waals surface area contributed by atoms with Crippen LogP contribution in [0.2, 0.25) is 0 Å². The molecule has 0 radical (unpaired) electrons. The lowest BCUT2D eigenvalue weighted by Gasteiger charge is -2.28. The van der Waals surface area contributed by atoms with Gasteiger partial charge in [0.25, 0.3) is 0 Å². The molecule has 2 atom stereocenters. The number of aryl methyl sites for hydroxylation is 1. The summed E-state index contributed by atoms with van der Waals surface area (Å²) in [7, 11) is -3.07. The van der Waals surface area contributed by atoms with Crippen molar-refractivity contribution >= 4 is 27.1 Å². The molecule has 1 aliphatic rings.